The van der Waals surface area contributed by atoms with Crippen LogP contribution in [-0.4, -0.2) is 49.3 Å². The summed E-state index contributed by atoms with van der Waals surface area (Å²) in [5.74, 6) is -0.0207. The molecule has 5 heteroatoms. The van der Waals surface area contributed by atoms with Gasteiger partial charge in [0.15, 0.2) is 0 Å². The molecule has 0 aliphatic heterocycles. The molecular formula is C18H28N2O3. The van der Waals surface area contributed by atoms with Crippen LogP contribution in [0.2, 0.25) is 0 Å². The molecule has 0 saturated heterocycles. The van der Waals surface area contributed by atoms with Crippen LogP contribution in [0.1, 0.15) is 30.4 Å². The first-order valence-corrected chi connectivity index (χ1v) is 8.20. The Morgan fingerprint density at radius 3 is 2.52 bits per heavy atom. The summed E-state index contributed by atoms with van der Waals surface area (Å²) in [5.41, 5.74) is 2.36. The number of nitrogens with one attached hydrogen (secondary N) is 1. The Morgan fingerprint density at radius 1 is 1.26 bits per heavy atom. The lowest BCUT2D eigenvalue weighted by Crippen LogP contribution is -2.41. The van der Waals surface area contributed by atoms with Gasteiger partial charge in [0.25, 0.3) is 0 Å². The van der Waals surface area contributed by atoms with E-state index in [0.717, 1.165) is 12.1 Å². The third-order valence-corrected chi connectivity index (χ3v) is 4.42. The minimum atomic E-state index is -0.451. The van der Waals surface area contributed by atoms with E-state index >= 15 is 0 Å². The lowest BCUT2D eigenvalue weighted by atomic mass is 9.84. The average molecular weight is 320 g/mol. The summed E-state index contributed by atoms with van der Waals surface area (Å²) in [6.07, 6.45) is 1.24. The summed E-state index contributed by atoms with van der Waals surface area (Å²) in [4.78, 5) is 14.4. The number of hydrogen-bond acceptors (Lipinski definition) is 4. The molecule has 128 valence electrons. The number of nitrogens with zero attached hydrogens (tertiary/aromatic N) is 1. The molecule has 5 nitrogen and oxygen atoms in total. The Bertz CT molecular complexity index is 501. The number of carbonyl (C=O) groups excluding carboxylic acids is 1. The van der Waals surface area contributed by atoms with Crippen molar-refractivity contribution < 1.29 is 14.6 Å². The Labute approximate surface area is 138 Å². The average Bonchev–Trinajstić information content (AvgIpc) is 2.54. The van der Waals surface area contributed by atoms with Crippen LogP contribution in [-0.2, 0) is 22.6 Å². The molecule has 3 atom stereocenters. The van der Waals surface area contributed by atoms with Gasteiger partial charge in [-0.1, -0.05) is 24.3 Å². The SMILES string of the molecule is CO[C@@H]1C[C@H](C(=O)NCc2ccc(CN(C)C)cc2)CC[C@@H]1O. The Kier molecular flexibility index (Phi) is 6.57. The summed E-state index contributed by atoms with van der Waals surface area (Å²) in [6.45, 7) is 1.45. The van der Waals surface area contributed by atoms with Crippen molar-refractivity contribution in [2.45, 2.75) is 44.6 Å². The largest absolute Gasteiger partial charge is 0.390 e. The molecule has 0 spiro atoms. The molecule has 0 heterocycles. The number of benzene rings is 1. The number of ether oxygens (including phenoxy) is 1. The zero-order chi connectivity index (χ0) is 16.8. The fraction of sp³-hybridized carbons (Fsp3) is 0.611. The van der Waals surface area contributed by atoms with Crippen molar-refractivity contribution in [1.82, 2.24) is 10.2 Å². The third kappa shape index (κ3) is 5.30. The molecule has 2 rings (SSSR count). The van der Waals surface area contributed by atoms with E-state index in [4.69, 9.17) is 4.74 Å². The monoisotopic (exact) mass is 320 g/mol. The van der Waals surface area contributed by atoms with Crippen molar-refractivity contribution in [2.75, 3.05) is 21.2 Å². The fourth-order valence-corrected chi connectivity index (χ4v) is 3.07. The molecular weight excluding hydrogens is 292 g/mol. The second-order valence-corrected chi connectivity index (χ2v) is 6.62. The number of hydrogen-bond donors (Lipinski definition) is 2. The van der Waals surface area contributed by atoms with Crippen LogP contribution in [0.15, 0.2) is 24.3 Å². The van der Waals surface area contributed by atoms with E-state index in [2.05, 4.69) is 34.5 Å². The molecule has 1 aromatic rings. The van der Waals surface area contributed by atoms with Crippen LogP contribution in [0.5, 0.6) is 0 Å². The highest BCUT2D eigenvalue weighted by Crippen LogP contribution is 2.26. The molecule has 0 aromatic heterocycles. The van der Waals surface area contributed by atoms with Crippen molar-refractivity contribution in [1.29, 1.82) is 0 Å². The van der Waals surface area contributed by atoms with Crippen molar-refractivity contribution in [3.63, 3.8) is 0 Å². The fourth-order valence-electron chi connectivity index (χ4n) is 3.07. The molecule has 1 amide bonds. The molecule has 1 fully saturated rings. The van der Waals surface area contributed by atoms with Gasteiger partial charge in [-0.3, -0.25) is 4.79 Å². The lowest BCUT2D eigenvalue weighted by Gasteiger charge is -2.31. The van der Waals surface area contributed by atoms with E-state index < -0.39 is 6.10 Å². The number of aliphatic hydroxyl groups is 1. The Hall–Kier alpha value is -1.43. The van der Waals surface area contributed by atoms with Gasteiger partial charge < -0.3 is 20.1 Å². The summed E-state index contributed by atoms with van der Waals surface area (Å²) >= 11 is 0. The zero-order valence-electron chi connectivity index (χ0n) is 14.3. The zero-order valence-corrected chi connectivity index (χ0v) is 14.3. The molecule has 1 aromatic carbocycles. The standard InChI is InChI=1S/C18H28N2O3/c1-20(2)12-14-6-4-13(5-7-14)11-19-18(22)15-8-9-16(21)17(10-15)23-3/h4-7,15-17,21H,8-12H2,1-3H3,(H,19,22)/t15-,16+,17-/m1/s1. The van der Waals surface area contributed by atoms with Gasteiger partial charge in [-0.2, -0.15) is 0 Å². The molecule has 23 heavy (non-hydrogen) atoms. The maximum atomic E-state index is 12.3. The van der Waals surface area contributed by atoms with Gasteiger partial charge in [-0.25, -0.2) is 0 Å². The van der Waals surface area contributed by atoms with Crippen molar-refractivity contribution >= 4 is 5.91 Å². The smallest absolute Gasteiger partial charge is 0.223 e. The second-order valence-electron chi connectivity index (χ2n) is 6.62. The topological polar surface area (TPSA) is 61.8 Å². The van der Waals surface area contributed by atoms with Crippen LogP contribution in [0.3, 0.4) is 0 Å². The van der Waals surface area contributed by atoms with Gasteiger partial charge in [0.05, 0.1) is 12.2 Å². The predicted molar refractivity (Wildman–Crippen MR) is 89.8 cm³/mol. The van der Waals surface area contributed by atoms with Crippen molar-refractivity contribution in [3.8, 4) is 0 Å². The van der Waals surface area contributed by atoms with E-state index in [1.54, 1.807) is 7.11 Å². The van der Waals surface area contributed by atoms with Gasteiger partial charge in [0.2, 0.25) is 5.91 Å². The molecule has 1 aliphatic rings. The third-order valence-electron chi connectivity index (χ3n) is 4.42. The number of amides is 1. The molecule has 1 saturated carbocycles. The lowest BCUT2D eigenvalue weighted by molar-refractivity contribution is -0.130. The number of methoxy groups -OCH3 is 1. The maximum absolute atomic E-state index is 12.3. The highest BCUT2D eigenvalue weighted by Gasteiger charge is 2.32. The number of aliphatic hydroxyl groups excluding tert-OH is 1. The molecule has 2 N–H and O–H groups in total. The summed E-state index contributed by atoms with van der Waals surface area (Å²) in [7, 11) is 5.68. The molecule has 1 aliphatic carbocycles. The quantitative estimate of drug-likeness (QED) is 0.835. The van der Waals surface area contributed by atoms with Crippen molar-refractivity contribution in [2.24, 2.45) is 5.92 Å². The summed E-state index contributed by atoms with van der Waals surface area (Å²) in [6, 6.07) is 8.31. The van der Waals surface area contributed by atoms with E-state index in [0.29, 0.717) is 25.8 Å². The second kappa shape index (κ2) is 8.43. The Balaban J connectivity index is 1.82. The van der Waals surface area contributed by atoms with Gasteiger partial charge in [-0.05, 0) is 44.5 Å². The molecule has 0 bridgehead atoms. The highest BCUT2D eigenvalue weighted by molar-refractivity contribution is 5.78. The first kappa shape index (κ1) is 17.9. The minimum absolute atomic E-state index is 0.0521. The van der Waals surface area contributed by atoms with Gasteiger partial charge in [0, 0.05) is 26.1 Å². The van der Waals surface area contributed by atoms with Crippen molar-refractivity contribution in [3.05, 3.63) is 35.4 Å². The van der Waals surface area contributed by atoms with Crippen LogP contribution >= 0.6 is 0 Å². The first-order valence-electron chi connectivity index (χ1n) is 8.20. The number of rotatable bonds is 6. The van der Waals surface area contributed by atoms with Gasteiger partial charge >= 0.3 is 0 Å². The number of carbonyl (C=O) groups is 1. The highest BCUT2D eigenvalue weighted by atomic mass is 16.5. The van der Waals surface area contributed by atoms with Crippen LogP contribution in [0.4, 0.5) is 0 Å². The van der Waals surface area contributed by atoms with E-state index in [-0.39, 0.29) is 17.9 Å². The van der Waals surface area contributed by atoms with E-state index in [9.17, 15) is 9.90 Å². The molecule has 0 radical (unpaired) electrons. The molecule has 0 unspecified atom stereocenters. The predicted octanol–water partition coefficient (Wildman–Crippen LogP) is 1.54. The normalized spacial score (nSPS) is 24.7. The first-order chi connectivity index (χ1) is 11.0. The maximum Gasteiger partial charge on any atom is 0.223 e. The van der Waals surface area contributed by atoms with Crippen LogP contribution < -0.4 is 5.32 Å². The summed E-state index contributed by atoms with van der Waals surface area (Å²) in [5, 5.41) is 12.8. The Morgan fingerprint density at radius 2 is 1.91 bits per heavy atom. The van der Waals surface area contributed by atoms with Gasteiger partial charge in [0.1, 0.15) is 0 Å². The van der Waals surface area contributed by atoms with Crippen LogP contribution in [0, 0.1) is 5.92 Å². The van der Waals surface area contributed by atoms with Gasteiger partial charge in [-0.15, -0.1) is 0 Å². The van der Waals surface area contributed by atoms with E-state index in [1.807, 2.05) is 14.1 Å². The van der Waals surface area contributed by atoms with Crippen LogP contribution in [0.25, 0.3) is 0 Å². The minimum Gasteiger partial charge on any atom is -0.390 e. The summed E-state index contributed by atoms with van der Waals surface area (Å²) < 4.78 is 5.26. The van der Waals surface area contributed by atoms with E-state index in [1.165, 1.54) is 5.56 Å².